The van der Waals surface area contributed by atoms with Crippen LogP contribution >= 0.6 is 0 Å². The fraction of sp³-hybridized carbons (Fsp3) is 0.526. The van der Waals surface area contributed by atoms with Gasteiger partial charge in [-0.25, -0.2) is 65.9 Å². The van der Waals surface area contributed by atoms with E-state index >= 15 is 26.3 Å². The van der Waals surface area contributed by atoms with Crippen LogP contribution in [0, 0.1) is 87.3 Å². The van der Waals surface area contributed by atoms with Gasteiger partial charge in [0.05, 0.1) is 26.2 Å². The van der Waals surface area contributed by atoms with E-state index in [1.165, 1.54) is 89.0 Å². The number of halogens is 15. The lowest BCUT2D eigenvalue weighted by atomic mass is 9.13. The van der Waals surface area contributed by atoms with Gasteiger partial charge in [0.2, 0.25) is 0 Å². The molecule has 0 N–H and O–H groups in total. The molecule has 0 aliphatic rings. The average Bonchev–Trinajstić information content (AvgIpc) is 3.18. The minimum Gasteiger partial charge on any atom is -0.324 e. The lowest BCUT2D eigenvalue weighted by Crippen LogP contribution is -2.73. The number of rotatable bonds is 18. The molecular formula is C38H45BF15N. The lowest BCUT2D eigenvalue weighted by molar-refractivity contribution is -0.929. The zero-order valence-corrected chi connectivity index (χ0v) is 31.3. The van der Waals surface area contributed by atoms with E-state index < -0.39 is 123 Å². The molecule has 0 saturated heterocycles. The summed E-state index contributed by atoms with van der Waals surface area (Å²) < 4.78 is 218. The molecule has 0 bridgehead atoms. The first-order chi connectivity index (χ1) is 25.8. The summed E-state index contributed by atoms with van der Waals surface area (Å²) in [6, 6.07) is 0. The number of nitrogens with zero attached hydrogens (tertiary/aromatic N) is 1. The summed E-state index contributed by atoms with van der Waals surface area (Å²) in [5.41, 5.74) is -7.70. The van der Waals surface area contributed by atoms with Gasteiger partial charge in [-0.05, 0) is 25.7 Å². The summed E-state index contributed by atoms with van der Waals surface area (Å²) >= 11 is 0. The third-order valence-corrected chi connectivity index (χ3v) is 10.1. The fourth-order valence-corrected chi connectivity index (χ4v) is 7.18. The zero-order valence-electron chi connectivity index (χ0n) is 31.3. The molecule has 17 heteroatoms. The molecule has 0 radical (unpaired) electrons. The largest absolute Gasteiger partial charge is 0.324 e. The lowest BCUT2D eigenvalue weighted by Gasteiger charge is -2.44. The van der Waals surface area contributed by atoms with Crippen LogP contribution in [0.25, 0.3) is 0 Å². The van der Waals surface area contributed by atoms with Gasteiger partial charge in [0.25, 0.3) is 0 Å². The van der Waals surface area contributed by atoms with Crippen LogP contribution in [-0.2, 0) is 0 Å². The van der Waals surface area contributed by atoms with Gasteiger partial charge in [-0.15, -0.1) is 16.4 Å². The van der Waals surface area contributed by atoms with E-state index in [9.17, 15) is 39.5 Å². The molecule has 0 atom stereocenters. The fourth-order valence-electron chi connectivity index (χ4n) is 7.18. The highest BCUT2D eigenvalue weighted by Gasteiger charge is 2.47. The van der Waals surface area contributed by atoms with Crippen molar-refractivity contribution < 1.29 is 70.3 Å². The third-order valence-electron chi connectivity index (χ3n) is 10.1. The Morgan fingerprint density at radius 3 is 0.655 bits per heavy atom. The van der Waals surface area contributed by atoms with Crippen molar-refractivity contribution in [1.29, 1.82) is 0 Å². The van der Waals surface area contributed by atoms with Crippen molar-refractivity contribution >= 4 is 22.5 Å². The molecule has 0 saturated carbocycles. The summed E-state index contributed by atoms with van der Waals surface area (Å²) in [5.74, 6) is -44.7. The third kappa shape index (κ3) is 9.61. The monoisotopic (exact) mass is 811 g/mol. The van der Waals surface area contributed by atoms with Crippen LogP contribution in [-0.4, -0.2) is 36.8 Å². The molecule has 0 aliphatic heterocycles. The number of hydrogen-bond acceptors (Lipinski definition) is 0. The minimum atomic E-state index is -5.41. The molecular weight excluding hydrogens is 766 g/mol. The van der Waals surface area contributed by atoms with Crippen LogP contribution in [0.4, 0.5) is 65.9 Å². The Morgan fingerprint density at radius 2 is 0.473 bits per heavy atom. The maximum absolute atomic E-state index is 15.1. The number of benzene rings is 3. The Balaban J connectivity index is 0.000000518. The summed E-state index contributed by atoms with van der Waals surface area (Å²) in [7, 11) is 0. The van der Waals surface area contributed by atoms with Gasteiger partial charge in [-0.2, -0.15) is 6.32 Å². The van der Waals surface area contributed by atoms with Crippen LogP contribution < -0.4 is 16.4 Å². The van der Waals surface area contributed by atoms with Crippen molar-refractivity contribution in [3.8, 4) is 0 Å². The Labute approximate surface area is 311 Å². The van der Waals surface area contributed by atoms with Crippen molar-refractivity contribution in [1.82, 2.24) is 0 Å². The summed E-state index contributed by atoms with van der Waals surface area (Å²) in [6.07, 6.45) is 2.92. The number of hydrogen-bond donors (Lipinski definition) is 0. The maximum atomic E-state index is 15.1. The number of quaternary nitrogens is 1. The van der Waals surface area contributed by atoms with Gasteiger partial charge >= 0.3 is 0 Å². The van der Waals surface area contributed by atoms with E-state index in [1.54, 1.807) is 0 Å². The molecule has 0 aliphatic carbocycles. The Bertz CT molecular complexity index is 1490. The first-order valence-electron chi connectivity index (χ1n) is 18.4. The molecule has 0 spiro atoms. The van der Waals surface area contributed by atoms with Crippen molar-refractivity contribution in [3.63, 3.8) is 0 Å². The summed E-state index contributed by atoms with van der Waals surface area (Å²) in [5, 5.41) is 0. The Hall–Kier alpha value is -3.37. The second-order valence-electron chi connectivity index (χ2n) is 13.8. The van der Waals surface area contributed by atoms with Crippen LogP contribution in [0.2, 0.25) is 6.32 Å². The second kappa shape index (κ2) is 20.7. The van der Waals surface area contributed by atoms with E-state index in [1.807, 2.05) is 0 Å². The molecule has 0 aromatic heterocycles. The normalized spacial score (nSPS) is 12.0. The predicted octanol–water partition coefficient (Wildman–Crippen LogP) is 11.0. The molecule has 1 nitrogen and oxygen atoms in total. The van der Waals surface area contributed by atoms with E-state index in [2.05, 4.69) is 27.7 Å². The van der Waals surface area contributed by atoms with E-state index in [0.717, 1.165) is 0 Å². The van der Waals surface area contributed by atoms with Crippen LogP contribution in [0.1, 0.15) is 98.8 Å². The van der Waals surface area contributed by atoms with Crippen LogP contribution in [0.15, 0.2) is 0 Å². The molecule has 0 unspecified atom stereocenters. The van der Waals surface area contributed by atoms with E-state index in [-0.39, 0.29) is 6.42 Å². The highest BCUT2D eigenvalue weighted by molar-refractivity contribution is 7.11. The molecule has 3 aromatic rings. The highest BCUT2D eigenvalue weighted by atomic mass is 19.2. The van der Waals surface area contributed by atoms with Gasteiger partial charge in [0.15, 0.2) is 52.4 Å². The average molecular weight is 812 g/mol. The predicted molar refractivity (Wildman–Crippen MR) is 182 cm³/mol. The maximum Gasteiger partial charge on any atom is 0.200 e. The van der Waals surface area contributed by atoms with Crippen molar-refractivity contribution in [2.24, 2.45) is 0 Å². The molecule has 0 heterocycles. The Morgan fingerprint density at radius 1 is 0.291 bits per heavy atom. The topological polar surface area (TPSA) is 0 Å². The number of unbranched alkanes of at least 4 members (excludes halogenated alkanes) is 5. The SMILES string of the molecule is CCCC[B-](c1c(F)c(F)c(F)c(F)c1F)(c1c(F)c(F)c(F)c(F)c1F)c1c(F)c(F)c(F)c(F)c1F.CCCC[N+](CCCC)(CCCC)CCCC. The first kappa shape index (κ1) is 47.8. The molecule has 0 amide bonds. The highest BCUT2D eigenvalue weighted by Crippen LogP contribution is 2.31. The van der Waals surface area contributed by atoms with Gasteiger partial charge in [0, 0.05) is 0 Å². The molecule has 55 heavy (non-hydrogen) atoms. The standard InChI is InChI=1S/C22H9BF15.C16H36N/c1-2-3-4-23(5-8(24)14(30)20(36)15(31)9(5)25,6-10(26)16(32)21(37)17(33)11(6)27)7-12(28)18(34)22(38)19(35)13(7)29;1-5-9-13-17(14-10-6-2,15-11-7-3)16-12-8-4/h2-4H2,1H3;5-16H2,1-4H3/q-1;+1. The van der Waals surface area contributed by atoms with Gasteiger partial charge < -0.3 is 4.48 Å². The molecule has 310 valence electrons. The minimum absolute atomic E-state index is 0.316. The van der Waals surface area contributed by atoms with Gasteiger partial charge in [-0.1, -0.05) is 73.1 Å². The van der Waals surface area contributed by atoms with Gasteiger partial charge in [0.1, 0.15) is 41.0 Å². The van der Waals surface area contributed by atoms with Crippen molar-refractivity contribution in [2.75, 3.05) is 26.2 Å². The van der Waals surface area contributed by atoms with E-state index in [0.29, 0.717) is 0 Å². The Kier molecular flexibility index (Phi) is 18.0. The van der Waals surface area contributed by atoms with Crippen molar-refractivity contribution in [2.45, 2.75) is 105 Å². The quantitative estimate of drug-likeness (QED) is 0.0395. The summed E-state index contributed by atoms with van der Waals surface area (Å²) in [4.78, 5) is 0. The van der Waals surface area contributed by atoms with Gasteiger partial charge in [-0.3, -0.25) is 0 Å². The van der Waals surface area contributed by atoms with E-state index in [4.69, 9.17) is 0 Å². The zero-order chi connectivity index (χ0) is 42.0. The molecule has 0 fully saturated rings. The smallest absolute Gasteiger partial charge is 0.200 e. The summed E-state index contributed by atoms with van der Waals surface area (Å²) in [6.45, 7) is 16.2. The second-order valence-corrected chi connectivity index (χ2v) is 13.8. The molecule has 3 aromatic carbocycles. The molecule has 3 rings (SSSR count). The van der Waals surface area contributed by atoms with Crippen LogP contribution in [0.3, 0.4) is 0 Å². The first-order valence-corrected chi connectivity index (χ1v) is 18.4. The van der Waals surface area contributed by atoms with Crippen molar-refractivity contribution in [3.05, 3.63) is 87.3 Å². The van der Waals surface area contributed by atoms with Crippen LogP contribution in [0.5, 0.6) is 0 Å².